The summed E-state index contributed by atoms with van der Waals surface area (Å²) in [4.78, 5) is 23.3. The molecule has 0 bridgehead atoms. The van der Waals surface area contributed by atoms with Gasteiger partial charge < -0.3 is 10.0 Å². The highest BCUT2D eigenvalue weighted by atomic mass is 35.5. The van der Waals surface area contributed by atoms with Gasteiger partial charge in [0.2, 0.25) is 0 Å². The lowest BCUT2D eigenvalue weighted by molar-refractivity contribution is 0.0698. The minimum absolute atomic E-state index is 0.0104. The largest absolute Gasteiger partial charge is 0.478 e. The van der Waals surface area contributed by atoms with Gasteiger partial charge in [-0.3, -0.25) is 4.79 Å². The monoisotopic (exact) mass is 233 g/mol. The maximum absolute atomic E-state index is 10.9. The topological polar surface area (TPSA) is 57.6 Å². The van der Waals surface area contributed by atoms with Crippen LogP contribution in [-0.4, -0.2) is 31.5 Å². The molecule has 0 aliphatic heterocycles. The van der Waals surface area contributed by atoms with Gasteiger partial charge in [0.1, 0.15) is 10.6 Å². The average Bonchev–Trinajstić information content (AvgIpc) is 2.42. The number of hydrogen-bond donors (Lipinski definition) is 1. The first-order valence-electron chi connectivity index (χ1n) is 3.67. The number of carbonyl (C=O) groups is 2. The first kappa shape index (κ1) is 11.0. The molecule has 1 aromatic heterocycles. The highest BCUT2D eigenvalue weighted by molar-refractivity contribution is 7.18. The summed E-state index contributed by atoms with van der Waals surface area (Å²) in [6.07, 6.45) is 0.562. The second-order valence-corrected chi connectivity index (χ2v) is 4.19. The maximum Gasteiger partial charge on any atom is 0.340 e. The molecular formula is C8H8ClNO3S. The number of thiophene rings is 1. The van der Waals surface area contributed by atoms with Crippen molar-refractivity contribution in [3.63, 3.8) is 0 Å². The van der Waals surface area contributed by atoms with Crippen LogP contribution in [0.3, 0.4) is 0 Å². The van der Waals surface area contributed by atoms with Crippen molar-refractivity contribution in [2.75, 3.05) is 19.0 Å². The van der Waals surface area contributed by atoms with Crippen LogP contribution in [0.25, 0.3) is 0 Å². The molecule has 1 N–H and O–H groups in total. The quantitative estimate of drug-likeness (QED) is 0.811. The molecule has 0 aliphatic rings. The molecule has 1 rings (SSSR count). The number of aldehydes is 1. The number of anilines is 1. The Morgan fingerprint density at radius 2 is 2.14 bits per heavy atom. The molecule has 0 unspecified atom stereocenters. The minimum atomic E-state index is -1.12. The van der Waals surface area contributed by atoms with Crippen LogP contribution in [0.1, 0.15) is 20.0 Å². The Morgan fingerprint density at radius 1 is 1.57 bits per heavy atom. The lowest BCUT2D eigenvalue weighted by atomic mass is 10.3. The lowest BCUT2D eigenvalue weighted by Gasteiger charge is -2.09. The van der Waals surface area contributed by atoms with E-state index in [1.54, 1.807) is 19.0 Å². The molecule has 0 amide bonds. The van der Waals surface area contributed by atoms with Gasteiger partial charge in [-0.1, -0.05) is 11.6 Å². The van der Waals surface area contributed by atoms with Crippen molar-refractivity contribution in [3.8, 4) is 0 Å². The maximum atomic E-state index is 10.9. The summed E-state index contributed by atoms with van der Waals surface area (Å²) >= 11 is 6.81. The van der Waals surface area contributed by atoms with E-state index in [0.29, 0.717) is 11.3 Å². The van der Waals surface area contributed by atoms with E-state index in [2.05, 4.69) is 0 Å². The normalized spacial score (nSPS) is 9.93. The van der Waals surface area contributed by atoms with E-state index in [-0.39, 0.29) is 15.5 Å². The number of hydrogen-bond acceptors (Lipinski definition) is 4. The van der Waals surface area contributed by atoms with Crippen molar-refractivity contribution in [2.24, 2.45) is 0 Å². The van der Waals surface area contributed by atoms with Gasteiger partial charge in [-0.25, -0.2) is 4.79 Å². The van der Waals surface area contributed by atoms with Crippen LogP contribution in [0.15, 0.2) is 0 Å². The summed E-state index contributed by atoms with van der Waals surface area (Å²) in [6.45, 7) is 0. The first-order chi connectivity index (χ1) is 6.49. The lowest BCUT2D eigenvalue weighted by Crippen LogP contribution is -2.11. The molecule has 76 valence electrons. The fourth-order valence-electron chi connectivity index (χ4n) is 0.993. The number of carbonyl (C=O) groups excluding carboxylic acids is 1. The predicted molar refractivity (Wildman–Crippen MR) is 56.0 cm³/mol. The molecule has 0 spiro atoms. The fraction of sp³-hybridized carbons (Fsp3) is 0.250. The second-order valence-electron chi connectivity index (χ2n) is 2.78. The summed E-state index contributed by atoms with van der Waals surface area (Å²) in [7, 11) is 3.40. The van der Waals surface area contributed by atoms with Crippen LogP contribution in [0.2, 0.25) is 5.02 Å². The molecular weight excluding hydrogens is 226 g/mol. The number of nitrogens with zero attached hydrogens (tertiary/aromatic N) is 1. The Bertz CT molecular complexity index is 386. The Balaban J connectivity index is 3.42. The van der Waals surface area contributed by atoms with Gasteiger partial charge in [0.25, 0.3) is 0 Å². The zero-order valence-corrected chi connectivity index (χ0v) is 9.15. The molecule has 1 heterocycles. The van der Waals surface area contributed by atoms with E-state index < -0.39 is 5.97 Å². The van der Waals surface area contributed by atoms with Crippen molar-refractivity contribution < 1.29 is 14.7 Å². The van der Waals surface area contributed by atoms with Crippen LogP contribution >= 0.6 is 22.9 Å². The van der Waals surface area contributed by atoms with Gasteiger partial charge in [-0.15, -0.1) is 11.3 Å². The van der Waals surface area contributed by atoms with Crippen LogP contribution < -0.4 is 4.90 Å². The smallest absolute Gasteiger partial charge is 0.340 e. The molecule has 4 nitrogen and oxygen atoms in total. The van der Waals surface area contributed by atoms with Crippen LogP contribution in [0.4, 0.5) is 5.00 Å². The minimum Gasteiger partial charge on any atom is -0.478 e. The molecule has 6 heteroatoms. The van der Waals surface area contributed by atoms with Gasteiger partial charge in [0, 0.05) is 14.1 Å². The Labute approximate surface area is 89.7 Å². The fourth-order valence-corrected chi connectivity index (χ4v) is 2.30. The predicted octanol–water partition coefficient (Wildman–Crippen LogP) is 1.98. The van der Waals surface area contributed by atoms with Crippen molar-refractivity contribution in [2.45, 2.75) is 0 Å². The summed E-state index contributed by atoms with van der Waals surface area (Å²) in [5.74, 6) is -1.12. The molecule has 14 heavy (non-hydrogen) atoms. The van der Waals surface area contributed by atoms with Gasteiger partial charge in [-0.2, -0.15) is 0 Å². The standard InChI is InChI=1S/C8H8ClNO3S/c1-10(2)7-5(8(12)13)6(9)4(3-11)14-7/h3H,1-2H3,(H,12,13). The van der Waals surface area contributed by atoms with Crippen molar-refractivity contribution >= 4 is 40.2 Å². The number of carboxylic acid groups (broad SMARTS) is 1. The van der Waals surface area contributed by atoms with E-state index in [1.807, 2.05) is 0 Å². The van der Waals surface area contributed by atoms with Crippen molar-refractivity contribution in [1.29, 1.82) is 0 Å². The van der Waals surface area contributed by atoms with Crippen molar-refractivity contribution in [1.82, 2.24) is 0 Å². The molecule has 0 radical (unpaired) electrons. The van der Waals surface area contributed by atoms with Gasteiger partial charge in [0.05, 0.1) is 9.90 Å². The van der Waals surface area contributed by atoms with Gasteiger partial charge in [0.15, 0.2) is 6.29 Å². The second kappa shape index (κ2) is 3.98. The zero-order valence-electron chi connectivity index (χ0n) is 7.57. The van der Waals surface area contributed by atoms with Gasteiger partial charge in [-0.05, 0) is 0 Å². The van der Waals surface area contributed by atoms with E-state index in [4.69, 9.17) is 16.7 Å². The molecule has 0 saturated carbocycles. The zero-order chi connectivity index (χ0) is 10.9. The van der Waals surface area contributed by atoms with E-state index in [0.717, 1.165) is 11.3 Å². The molecule has 0 aromatic carbocycles. The molecule has 0 fully saturated rings. The highest BCUT2D eigenvalue weighted by Gasteiger charge is 2.22. The Morgan fingerprint density at radius 3 is 2.43 bits per heavy atom. The van der Waals surface area contributed by atoms with Crippen molar-refractivity contribution in [3.05, 3.63) is 15.5 Å². The number of rotatable bonds is 3. The average molecular weight is 234 g/mol. The molecule has 0 saturated heterocycles. The molecule has 1 aromatic rings. The number of aromatic carboxylic acids is 1. The van der Waals surface area contributed by atoms with Crippen LogP contribution in [0.5, 0.6) is 0 Å². The summed E-state index contributed by atoms with van der Waals surface area (Å²) in [6, 6.07) is 0. The third-order valence-corrected chi connectivity index (χ3v) is 3.37. The number of carboxylic acids is 1. The Hall–Kier alpha value is -1.07. The summed E-state index contributed by atoms with van der Waals surface area (Å²) in [5.41, 5.74) is -0.0104. The third kappa shape index (κ3) is 1.73. The summed E-state index contributed by atoms with van der Waals surface area (Å²) in [5, 5.41) is 9.38. The molecule has 0 aliphatic carbocycles. The van der Waals surface area contributed by atoms with Crippen LogP contribution in [0, 0.1) is 0 Å². The van der Waals surface area contributed by atoms with E-state index >= 15 is 0 Å². The van der Waals surface area contributed by atoms with E-state index in [9.17, 15) is 9.59 Å². The SMILES string of the molecule is CN(C)c1sc(C=O)c(Cl)c1C(=O)O. The first-order valence-corrected chi connectivity index (χ1v) is 4.86. The molecule has 0 atom stereocenters. The third-order valence-electron chi connectivity index (χ3n) is 1.58. The summed E-state index contributed by atoms with van der Waals surface area (Å²) < 4.78 is 0. The number of halogens is 1. The van der Waals surface area contributed by atoms with Gasteiger partial charge >= 0.3 is 5.97 Å². The highest BCUT2D eigenvalue weighted by Crippen LogP contribution is 2.37. The van der Waals surface area contributed by atoms with Crippen LogP contribution in [-0.2, 0) is 0 Å². The van der Waals surface area contributed by atoms with E-state index in [1.165, 1.54) is 0 Å². The Kier molecular flexibility index (Phi) is 3.13.